The fourth-order valence-corrected chi connectivity index (χ4v) is 2.61. The molecule has 1 unspecified atom stereocenters. The van der Waals surface area contributed by atoms with Gasteiger partial charge in [-0.2, -0.15) is 0 Å². The van der Waals surface area contributed by atoms with Crippen LogP contribution in [-0.2, 0) is 6.54 Å². The van der Waals surface area contributed by atoms with E-state index in [1.165, 1.54) is 27.8 Å². The summed E-state index contributed by atoms with van der Waals surface area (Å²) in [6, 6.07) is 15.5. The van der Waals surface area contributed by atoms with Gasteiger partial charge in [-0.3, -0.25) is 4.90 Å². The van der Waals surface area contributed by atoms with Crippen molar-refractivity contribution >= 4 is 0 Å². The molecule has 0 amide bonds. The second-order valence-electron chi connectivity index (χ2n) is 5.66. The van der Waals surface area contributed by atoms with Crippen molar-refractivity contribution in [3.8, 4) is 0 Å². The first-order chi connectivity index (χ1) is 9.52. The molecule has 0 saturated carbocycles. The van der Waals surface area contributed by atoms with Crippen molar-refractivity contribution in [3.05, 3.63) is 70.3 Å². The van der Waals surface area contributed by atoms with Crippen LogP contribution in [0.15, 0.2) is 42.5 Å². The summed E-state index contributed by atoms with van der Waals surface area (Å²) in [4.78, 5) is 2.25. The zero-order chi connectivity index (χ0) is 14.7. The second-order valence-corrected chi connectivity index (χ2v) is 5.66. The first-order valence-corrected chi connectivity index (χ1v) is 7.05. The maximum atomic E-state index is 5.76. The highest BCUT2D eigenvalue weighted by Gasteiger charge is 2.17. The minimum absolute atomic E-state index is 0.265. The average Bonchev–Trinajstić information content (AvgIpc) is 2.43. The Hall–Kier alpha value is -1.64. The second kappa shape index (κ2) is 6.21. The van der Waals surface area contributed by atoms with Crippen LogP contribution in [0.5, 0.6) is 0 Å². The summed E-state index contributed by atoms with van der Waals surface area (Å²) < 4.78 is 0. The molecule has 0 fully saturated rings. The number of benzene rings is 2. The van der Waals surface area contributed by atoms with Crippen LogP contribution >= 0.6 is 0 Å². The predicted octanol–water partition coefficient (Wildman–Crippen LogP) is 3.41. The first-order valence-electron chi connectivity index (χ1n) is 7.05. The lowest BCUT2D eigenvalue weighted by Crippen LogP contribution is -2.21. The fourth-order valence-electron chi connectivity index (χ4n) is 2.61. The van der Waals surface area contributed by atoms with E-state index in [1.807, 2.05) is 0 Å². The van der Waals surface area contributed by atoms with Gasteiger partial charge in [0.05, 0.1) is 6.04 Å². The maximum absolute atomic E-state index is 5.76. The highest BCUT2D eigenvalue weighted by atomic mass is 15.1. The maximum Gasteiger partial charge on any atom is 0.0597 e. The minimum atomic E-state index is 0.265. The van der Waals surface area contributed by atoms with Gasteiger partial charge in [-0.05, 0) is 55.8 Å². The molecule has 0 aliphatic carbocycles. The normalized spacial score (nSPS) is 12.7. The van der Waals surface area contributed by atoms with Crippen LogP contribution in [0, 0.1) is 13.8 Å². The Morgan fingerprint density at radius 1 is 0.950 bits per heavy atom. The smallest absolute Gasteiger partial charge is 0.0597 e. The molecule has 0 radical (unpaired) electrons. The summed E-state index contributed by atoms with van der Waals surface area (Å²) in [6.45, 7) is 4.90. The van der Waals surface area contributed by atoms with Crippen molar-refractivity contribution in [2.45, 2.75) is 26.4 Å². The molecule has 2 aromatic carbocycles. The molecule has 0 aliphatic rings. The third-order valence-corrected chi connectivity index (χ3v) is 3.87. The molecule has 2 N–H and O–H groups in total. The Kier molecular flexibility index (Phi) is 4.58. The minimum Gasteiger partial charge on any atom is -0.326 e. The van der Waals surface area contributed by atoms with E-state index in [4.69, 9.17) is 5.73 Å². The van der Waals surface area contributed by atoms with Crippen LogP contribution in [0.4, 0.5) is 0 Å². The molecule has 0 bridgehead atoms. The van der Waals surface area contributed by atoms with Gasteiger partial charge in [-0.25, -0.2) is 0 Å². The number of aryl methyl sites for hydroxylation is 2. The van der Waals surface area contributed by atoms with Crippen LogP contribution in [0.3, 0.4) is 0 Å². The molecular weight excluding hydrogens is 244 g/mol. The lowest BCUT2D eigenvalue weighted by atomic mass is 9.94. The molecule has 2 aromatic rings. The first kappa shape index (κ1) is 14.8. The zero-order valence-corrected chi connectivity index (χ0v) is 12.9. The van der Waals surface area contributed by atoms with Gasteiger partial charge in [-0.1, -0.05) is 42.5 Å². The monoisotopic (exact) mass is 268 g/mol. The van der Waals surface area contributed by atoms with Crippen LogP contribution in [0.1, 0.15) is 33.9 Å². The Labute approximate surface area is 122 Å². The molecule has 20 heavy (non-hydrogen) atoms. The molecular formula is C18H24N2. The van der Waals surface area contributed by atoms with Crippen molar-refractivity contribution < 1.29 is 0 Å². The van der Waals surface area contributed by atoms with Crippen LogP contribution < -0.4 is 5.73 Å². The van der Waals surface area contributed by atoms with E-state index in [0.717, 1.165) is 0 Å². The van der Waals surface area contributed by atoms with E-state index in [1.54, 1.807) is 0 Å². The summed E-state index contributed by atoms with van der Waals surface area (Å²) in [6.07, 6.45) is 0. The van der Waals surface area contributed by atoms with Crippen LogP contribution in [0.2, 0.25) is 0 Å². The topological polar surface area (TPSA) is 29.3 Å². The zero-order valence-electron chi connectivity index (χ0n) is 12.9. The Morgan fingerprint density at radius 2 is 1.65 bits per heavy atom. The molecule has 0 aromatic heterocycles. The summed E-state index contributed by atoms with van der Waals surface area (Å²) >= 11 is 0. The van der Waals surface area contributed by atoms with E-state index < -0.39 is 0 Å². The molecule has 0 saturated heterocycles. The number of hydrogen-bond acceptors (Lipinski definition) is 2. The Balaban J connectivity index is 2.47. The van der Waals surface area contributed by atoms with Crippen molar-refractivity contribution in [1.29, 1.82) is 0 Å². The average molecular weight is 268 g/mol. The highest BCUT2D eigenvalue weighted by molar-refractivity contribution is 5.38. The third kappa shape index (κ3) is 3.09. The predicted molar refractivity (Wildman–Crippen MR) is 85.8 cm³/mol. The summed E-state index contributed by atoms with van der Waals surface area (Å²) in [7, 11) is 4.24. The van der Waals surface area contributed by atoms with Gasteiger partial charge in [0.2, 0.25) is 0 Å². The summed E-state index contributed by atoms with van der Waals surface area (Å²) in [5, 5.41) is 0. The molecule has 2 heteroatoms. The summed E-state index contributed by atoms with van der Waals surface area (Å²) in [5.74, 6) is 0. The van der Waals surface area contributed by atoms with Gasteiger partial charge in [0.1, 0.15) is 0 Å². The van der Waals surface area contributed by atoms with Crippen molar-refractivity contribution in [1.82, 2.24) is 4.90 Å². The van der Waals surface area contributed by atoms with Gasteiger partial charge in [-0.15, -0.1) is 0 Å². The van der Waals surface area contributed by atoms with E-state index in [9.17, 15) is 0 Å². The number of hydrogen-bond donors (Lipinski definition) is 1. The molecule has 0 heterocycles. The van der Waals surface area contributed by atoms with Crippen LogP contribution in [-0.4, -0.2) is 19.0 Å². The molecule has 0 spiro atoms. The van der Waals surface area contributed by atoms with Gasteiger partial charge in [0.25, 0.3) is 0 Å². The molecule has 0 aliphatic heterocycles. The Bertz CT molecular complexity index is 588. The highest BCUT2D eigenvalue weighted by Crippen LogP contribution is 2.28. The van der Waals surface area contributed by atoms with Crippen LogP contribution in [0.25, 0.3) is 0 Å². The fraction of sp³-hybridized carbons (Fsp3) is 0.333. The lowest BCUT2D eigenvalue weighted by Gasteiger charge is -2.26. The van der Waals surface area contributed by atoms with Crippen molar-refractivity contribution in [3.63, 3.8) is 0 Å². The lowest BCUT2D eigenvalue weighted by molar-refractivity contribution is 0.342. The molecule has 2 nitrogen and oxygen atoms in total. The van der Waals surface area contributed by atoms with E-state index in [0.29, 0.717) is 6.54 Å². The van der Waals surface area contributed by atoms with Gasteiger partial charge in [0, 0.05) is 6.54 Å². The molecule has 2 rings (SSSR count). The van der Waals surface area contributed by atoms with Gasteiger partial charge >= 0.3 is 0 Å². The molecule has 106 valence electrons. The standard InChI is InChI=1S/C18H24N2/c1-13-8-9-17(10-14(13)2)18(20(3)4)16-7-5-6-15(11-16)12-19/h5-11,18H,12,19H2,1-4H3. The number of nitrogens with zero attached hydrogens (tertiary/aromatic N) is 1. The Morgan fingerprint density at radius 3 is 2.25 bits per heavy atom. The van der Waals surface area contributed by atoms with E-state index >= 15 is 0 Å². The van der Waals surface area contributed by atoms with E-state index in [2.05, 4.69) is 75.3 Å². The van der Waals surface area contributed by atoms with Gasteiger partial charge < -0.3 is 5.73 Å². The van der Waals surface area contributed by atoms with E-state index in [-0.39, 0.29) is 6.04 Å². The summed E-state index contributed by atoms with van der Waals surface area (Å²) in [5.41, 5.74) is 12.2. The third-order valence-electron chi connectivity index (χ3n) is 3.87. The van der Waals surface area contributed by atoms with Crippen molar-refractivity contribution in [2.75, 3.05) is 14.1 Å². The number of nitrogens with two attached hydrogens (primary N) is 1. The van der Waals surface area contributed by atoms with Crippen molar-refractivity contribution in [2.24, 2.45) is 5.73 Å². The number of rotatable bonds is 4. The largest absolute Gasteiger partial charge is 0.326 e. The molecule has 1 atom stereocenters. The SMILES string of the molecule is Cc1ccc(C(c2cccc(CN)c2)N(C)C)cc1C. The van der Waals surface area contributed by atoms with Gasteiger partial charge in [0.15, 0.2) is 0 Å². The quantitative estimate of drug-likeness (QED) is 0.920.